The van der Waals surface area contributed by atoms with Crippen molar-refractivity contribution in [1.82, 2.24) is 0 Å². The number of carbonyl (C=O) groups is 1. The Morgan fingerprint density at radius 3 is 2.43 bits per heavy atom. The first-order valence-corrected chi connectivity index (χ1v) is 1.71. The lowest BCUT2D eigenvalue weighted by atomic mass is 10.5. The molecule has 0 spiro atoms. The molecule has 0 radical (unpaired) electrons. The molecule has 0 bridgehead atoms. The van der Waals surface area contributed by atoms with Crippen molar-refractivity contribution < 1.29 is 11.0 Å². The molecule has 0 aliphatic rings. The molecular formula is C4H8NO2+. The van der Waals surface area contributed by atoms with E-state index in [1.165, 1.54) is 7.11 Å². The van der Waals surface area contributed by atoms with E-state index in [2.05, 4.69) is 11.3 Å². The predicted octanol–water partition coefficient (Wildman–Crippen LogP) is -0.256. The summed E-state index contributed by atoms with van der Waals surface area (Å²) in [5, 5.41) is 0. The number of hydrogen-bond acceptors (Lipinski definition) is 3. The minimum absolute atomic E-state index is 0. The number of carbonyl (C=O) groups excluding carboxylic acids is 1. The van der Waals surface area contributed by atoms with Crippen LogP contribution in [0.5, 0.6) is 0 Å². The molecule has 0 fully saturated rings. The Labute approximate surface area is 43.2 Å². The highest BCUT2D eigenvalue weighted by molar-refractivity contribution is 5.86. The average Bonchev–Trinajstić information content (AvgIpc) is 1.65. The molecule has 0 saturated carbocycles. The number of rotatable bonds is 1. The summed E-state index contributed by atoms with van der Waals surface area (Å²) in [5.74, 6) is -0.569. The Bertz CT molecular complexity index is 102. The first kappa shape index (κ1) is 6.01. The van der Waals surface area contributed by atoms with E-state index < -0.39 is 5.97 Å². The van der Waals surface area contributed by atoms with E-state index in [0.717, 1.165) is 0 Å². The van der Waals surface area contributed by atoms with Gasteiger partial charge in [-0.3, -0.25) is 0 Å². The van der Waals surface area contributed by atoms with Crippen LogP contribution < -0.4 is 5.73 Å². The van der Waals surface area contributed by atoms with Gasteiger partial charge >= 0.3 is 7.40 Å². The maximum atomic E-state index is 10.1. The van der Waals surface area contributed by atoms with E-state index in [0.29, 0.717) is 0 Å². The molecular weight excluding hydrogens is 94.0 g/mol. The van der Waals surface area contributed by atoms with Gasteiger partial charge in [-0.15, -0.1) is 0 Å². The Hall–Kier alpha value is -0.990. The van der Waals surface area contributed by atoms with Crippen molar-refractivity contribution in [3.8, 4) is 0 Å². The third kappa shape index (κ3) is 1.81. The summed E-state index contributed by atoms with van der Waals surface area (Å²) in [4.78, 5) is 10.1. The van der Waals surface area contributed by atoms with Crippen LogP contribution in [0.4, 0.5) is 0 Å². The van der Waals surface area contributed by atoms with Crippen molar-refractivity contribution >= 4 is 5.97 Å². The fourth-order valence-electron chi connectivity index (χ4n) is 0.131. The summed E-state index contributed by atoms with van der Waals surface area (Å²) in [5.41, 5.74) is 4.81. The minimum Gasteiger partial charge on any atom is -0.464 e. The van der Waals surface area contributed by atoms with Gasteiger partial charge in [0.05, 0.1) is 7.11 Å². The van der Waals surface area contributed by atoms with Gasteiger partial charge in [-0.2, -0.15) is 0 Å². The van der Waals surface area contributed by atoms with Crippen LogP contribution in [0.2, 0.25) is 0 Å². The quantitative estimate of drug-likeness (QED) is 0.366. The van der Waals surface area contributed by atoms with Gasteiger partial charge in [0.25, 0.3) is 0 Å². The molecule has 3 heteroatoms. The van der Waals surface area contributed by atoms with Crippen LogP contribution >= 0.6 is 0 Å². The molecule has 0 aliphatic heterocycles. The summed E-state index contributed by atoms with van der Waals surface area (Å²) >= 11 is 0. The van der Waals surface area contributed by atoms with Crippen LogP contribution in [0.3, 0.4) is 0 Å². The van der Waals surface area contributed by atoms with Crippen molar-refractivity contribution in [1.29, 1.82) is 0 Å². The van der Waals surface area contributed by atoms with Crippen molar-refractivity contribution in [2.24, 2.45) is 5.73 Å². The van der Waals surface area contributed by atoms with E-state index in [9.17, 15) is 4.79 Å². The van der Waals surface area contributed by atoms with Gasteiger partial charge in [0.15, 0.2) is 0 Å². The van der Waals surface area contributed by atoms with E-state index in [4.69, 9.17) is 5.73 Å². The second-order valence-corrected chi connectivity index (χ2v) is 1.02. The number of ether oxygens (including phenoxy) is 1. The molecule has 0 aromatic heterocycles. The molecule has 0 amide bonds. The van der Waals surface area contributed by atoms with Gasteiger partial charge in [-0.1, -0.05) is 6.58 Å². The third-order valence-electron chi connectivity index (χ3n) is 0.448. The van der Waals surface area contributed by atoms with Crippen molar-refractivity contribution in [2.45, 2.75) is 0 Å². The first-order valence-electron chi connectivity index (χ1n) is 1.71. The summed E-state index contributed by atoms with van der Waals surface area (Å²) in [6.07, 6.45) is 0. The fourth-order valence-corrected chi connectivity index (χ4v) is 0.131. The summed E-state index contributed by atoms with van der Waals surface area (Å²) in [6.45, 7) is 3.13. The maximum Gasteiger partial charge on any atom is 1.00 e. The second-order valence-electron chi connectivity index (χ2n) is 1.02. The molecule has 3 nitrogen and oxygen atoms in total. The number of hydrogen-bond donors (Lipinski definition) is 1. The van der Waals surface area contributed by atoms with Gasteiger partial charge < -0.3 is 10.5 Å². The Morgan fingerprint density at radius 2 is 2.43 bits per heavy atom. The largest absolute Gasteiger partial charge is 1.00 e. The molecule has 0 unspecified atom stereocenters. The highest BCUT2D eigenvalue weighted by Crippen LogP contribution is 1.78. The summed E-state index contributed by atoms with van der Waals surface area (Å²) in [6, 6.07) is 0. The number of methoxy groups -OCH3 is 1. The van der Waals surface area contributed by atoms with Crippen molar-refractivity contribution in [3.05, 3.63) is 12.3 Å². The van der Waals surface area contributed by atoms with Gasteiger partial charge in [-0.05, 0) is 0 Å². The van der Waals surface area contributed by atoms with Crippen LogP contribution in [-0.2, 0) is 9.53 Å². The topological polar surface area (TPSA) is 52.3 Å². The minimum atomic E-state index is -0.569. The third-order valence-corrected chi connectivity index (χ3v) is 0.448. The van der Waals surface area contributed by atoms with Gasteiger partial charge in [0.2, 0.25) is 0 Å². The van der Waals surface area contributed by atoms with E-state index in [1.54, 1.807) is 0 Å². The van der Waals surface area contributed by atoms with Crippen LogP contribution in [0.1, 0.15) is 1.43 Å². The summed E-state index contributed by atoms with van der Waals surface area (Å²) in [7, 11) is 1.25. The highest BCUT2D eigenvalue weighted by atomic mass is 16.5. The molecule has 2 N–H and O–H groups in total. The number of nitrogens with two attached hydrogens (primary N) is 1. The lowest BCUT2D eigenvalue weighted by molar-refractivity contribution is -0.136. The zero-order valence-electron chi connectivity index (χ0n) is 5.10. The van der Waals surface area contributed by atoms with Gasteiger partial charge in [0, 0.05) is 0 Å². The van der Waals surface area contributed by atoms with Crippen LogP contribution in [-0.4, -0.2) is 13.1 Å². The fraction of sp³-hybridized carbons (Fsp3) is 0.250. The maximum absolute atomic E-state index is 10.1. The predicted molar refractivity (Wildman–Crippen MR) is 26.5 cm³/mol. The highest BCUT2D eigenvalue weighted by Gasteiger charge is 1.96. The molecule has 0 atom stereocenters. The van der Waals surface area contributed by atoms with E-state index >= 15 is 0 Å². The molecule has 0 aromatic rings. The SMILES string of the molecule is C=C(N)C(=O)OC.[H+]. The molecule has 7 heavy (non-hydrogen) atoms. The zero-order valence-corrected chi connectivity index (χ0v) is 4.10. The smallest absolute Gasteiger partial charge is 0.464 e. The monoisotopic (exact) mass is 102 g/mol. The molecule has 0 aliphatic carbocycles. The molecule has 0 rings (SSSR count). The van der Waals surface area contributed by atoms with Gasteiger partial charge in [0.1, 0.15) is 5.70 Å². The molecule has 0 heterocycles. The summed E-state index contributed by atoms with van der Waals surface area (Å²) < 4.78 is 4.15. The second kappa shape index (κ2) is 2.23. The molecule has 0 saturated heterocycles. The Kier molecular flexibility index (Phi) is 1.91. The Balaban J connectivity index is 0. The standard InChI is InChI=1S/C4H7NO2/c1-3(5)4(6)7-2/h1,5H2,2H3/p+1. The molecule has 0 aromatic carbocycles. The zero-order chi connectivity index (χ0) is 5.86. The van der Waals surface area contributed by atoms with Crippen LogP contribution in [0.25, 0.3) is 0 Å². The average molecular weight is 102 g/mol. The van der Waals surface area contributed by atoms with Crippen molar-refractivity contribution in [3.63, 3.8) is 0 Å². The van der Waals surface area contributed by atoms with Crippen molar-refractivity contribution in [2.75, 3.05) is 7.11 Å². The first-order chi connectivity index (χ1) is 3.18. The molecule has 40 valence electrons. The normalized spacial score (nSPS) is 7.57. The van der Waals surface area contributed by atoms with Crippen LogP contribution in [0.15, 0.2) is 12.3 Å². The van der Waals surface area contributed by atoms with Gasteiger partial charge in [-0.25, -0.2) is 4.79 Å². The van der Waals surface area contributed by atoms with E-state index in [1.807, 2.05) is 0 Å². The Morgan fingerprint density at radius 1 is 2.00 bits per heavy atom. The number of esters is 1. The van der Waals surface area contributed by atoms with Crippen LogP contribution in [0, 0.1) is 0 Å². The van der Waals surface area contributed by atoms with E-state index in [-0.39, 0.29) is 7.12 Å². The lowest BCUT2D eigenvalue weighted by Gasteiger charge is -1.91. The lowest BCUT2D eigenvalue weighted by Crippen LogP contribution is -2.10.